The molecule has 1 atom stereocenters. The number of aliphatic hydroxyl groups is 1. The lowest BCUT2D eigenvalue weighted by atomic mass is 10.0. The molecule has 0 spiro atoms. The van der Waals surface area contributed by atoms with E-state index in [1.54, 1.807) is 6.07 Å². The molecule has 0 bridgehead atoms. The second-order valence-electron chi connectivity index (χ2n) is 4.48. The quantitative estimate of drug-likeness (QED) is 0.671. The largest absolute Gasteiger partial charge is 0.393 e. The summed E-state index contributed by atoms with van der Waals surface area (Å²) in [6, 6.07) is 4.77. The number of hydrogen-bond donors (Lipinski definition) is 1. The van der Waals surface area contributed by atoms with Crippen molar-refractivity contribution in [3.8, 4) is 0 Å². The van der Waals surface area contributed by atoms with Gasteiger partial charge < -0.3 is 5.11 Å². The van der Waals surface area contributed by atoms with Gasteiger partial charge in [0.15, 0.2) is 0 Å². The van der Waals surface area contributed by atoms with Crippen molar-refractivity contribution in [2.45, 2.75) is 31.8 Å². The molecule has 0 saturated heterocycles. The predicted molar refractivity (Wildman–Crippen MR) is 67.8 cm³/mol. The number of benzene rings is 1. The fourth-order valence-electron chi connectivity index (χ4n) is 1.87. The van der Waals surface area contributed by atoms with Gasteiger partial charge in [-0.1, -0.05) is 22.0 Å². The molecule has 92 valence electrons. The van der Waals surface area contributed by atoms with Crippen LogP contribution in [0.1, 0.15) is 24.8 Å². The summed E-state index contributed by atoms with van der Waals surface area (Å²) < 4.78 is 0.745. The maximum Gasteiger partial charge on any atom is 0.270 e. The molecule has 0 aromatic heterocycles. The Morgan fingerprint density at radius 3 is 2.76 bits per heavy atom. The summed E-state index contributed by atoms with van der Waals surface area (Å²) in [5.74, 6) is 0.479. The highest BCUT2D eigenvalue weighted by molar-refractivity contribution is 9.10. The molecule has 1 aromatic rings. The third-order valence-corrected chi connectivity index (χ3v) is 3.86. The van der Waals surface area contributed by atoms with Gasteiger partial charge in [0.25, 0.3) is 5.69 Å². The van der Waals surface area contributed by atoms with Crippen molar-refractivity contribution in [3.63, 3.8) is 0 Å². The van der Waals surface area contributed by atoms with Crippen molar-refractivity contribution in [1.29, 1.82) is 0 Å². The van der Waals surface area contributed by atoms with E-state index in [9.17, 15) is 15.2 Å². The molecule has 1 aliphatic rings. The Kier molecular flexibility index (Phi) is 3.79. The van der Waals surface area contributed by atoms with Gasteiger partial charge in [-0.3, -0.25) is 10.1 Å². The highest BCUT2D eigenvalue weighted by Gasteiger charge is 2.29. The van der Waals surface area contributed by atoms with E-state index >= 15 is 0 Å². The monoisotopic (exact) mass is 299 g/mol. The summed E-state index contributed by atoms with van der Waals surface area (Å²) in [4.78, 5) is 10.2. The molecule has 5 heteroatoms. The van der Waals surface area contributed by atoms with Crippen LogP contribution in [-0.4, -0.2) is 16.1 Å². The molecule has 1 aliphatic carbocycles. The van der Waals surface area contributed by atoms with Gasteiger partial charge in [0.2, 0.25) is 0 Å². The number of nitro benzene ring substituents is 1. The number of non-ortho nitro benzene ring substituents is 1. The van der Waals surface area contributed by atoms with Gasteiger partial charge in [0.05, 0.1) is 11.0 Å². The van der Waals surface area contributed by atoms with Gasteiger partial charge in [-0.25, -0.2) is 0 Å². The first-order valence-electron chi connectivity index (χ1n) is 5.69. The zero-order chi connectivity index (χ0) is 12.4. The van der Waals surface area contributed by atoms with E-state index in [1.165, 1.54) is 12.1 Å². The number of hydrogen-bond acceptors (Lipinski definition) is 3. The van der Waals surface area contributed by atoms with Crippen LogP contribution in [0.25, 0.3) is 0 Å². The average Bonchev–Trinajstić information content (AvgIpc) is 3.10. The molecule has 0 amide bonds. The summed E-state index contributed by atoms with van der Waals surface area (Å²) in [5.41, 5.74) is 1.10. The molecule has 0 heterocycles. The molecule has 1 saturated carbocycles. The fraction of sp³-hybridized carbons (Fsp3) is 0.500. The molecule has 0 radical (unpaired) electrons. The Morgan fingerprint density at radius 2 is 2.24 bits per heavy atom. The van der Waals surface area contributed by atoms with Crippen LogP contribution in [-0.2, 0) is 6.42 Å². The van der Waals surface area contributed by atoms with Crippen molar-refractivity contribution >= 4 is 21.6 Å². The second kappa shape index (κ2) is 5.14. The molecule has 1 fully saturated rings. The van der Waals surface area contributed by atoms with Crippen LogP contribution in [0.15, 0.2) is 22.7 Å². The number of aliphatic hydroxyl groups excluding tert-OH is 1. The van der Waals surface area contributed by atoms with Gasteiger partial charge in [-0.2, -0.15) is 0 Å². The van der Waals surface area contributed by atoms with Crippen LogP contribution in [0.2, 0.25) is 0 Å². The van der Waals surface area contributed by atoms with Crippen LogP contribution in [0.5, 0.6) is 0 Å². The summed E-state index contributed by atoms with van der Waals surface area (Å²) in [7, 11) is 0. The first-order chi connectivity index (χ1) is 8.08. The number of halogens is 1. The number of nitrogens with zero attached hydrogens (tertiary/aromatic N) is 1. The summed E-state index contributed by atoms with van der Waals surface area (Å²) >= 11 is 3.33. The molecule has 1 N–H and O–H groups in total. The van der Waals surface area contributed by atoms with Crippen molar-refractivity contribution in [1.82, 2.24) is 0 Å². The molecule has 17 heavy (non-hydrogen) atoms. The lowest BCUT2D eigenvalue weighted by Gasteiger charge is -2.09. The first-order valence-corrected chi connectivity index (χ1v) is 6.48. The van der Waals surface area contributed by atoms with Gasteiger partial charge in [-0.15, -0.1) is 0 Å². The van der Waals surface area contributed by atoms with Gasteiger partial charge >= 0.3 is 0 Å². The van der Waals surface area contributed by atoms with Crippen LogP contribution < -0.4 is 0 Å². The third kappa shape index (κ3) is 3.26. The lowest BCUT2D eigenvalue weighted by molar-refractivity contribution is -0.384. The predicted octanol–water partition coefficient (Wildman–Crippen LogP) is 3.06. The minimum atomic E-state index is -0.409. The van der Waals surface area contributed by atoms with Crippen LogP contribution >= 0.6 is 15.9 Å². The number of nitro groups is 1. The Hall–Kier alpha value is -0.940. The topological polar surface area (TPSA) is 63.4 Å². The van der Waals surface area contributed by atoms with Gasteiger partial charge in [-0.05, 0) is 37.2 Å². The first kappa shape index (κ1) is 12.5. The van der Waals surface area contributed by atoms with E-state index in [2.05, 4.69) is 15.9 Å². The molecular formula is C12H14BrNO3. The highest BCUT2D eigenvalue weighted by Crippen LogP contribution is 2.35. The zero-order valence-electron chi connectivity index (χ0n) is 9.30. The Labute approximate surface area is 108 Å². The number of rotatable bonds is 5. The van der Waals surface area contributed by atoms with Crippen molar-refractivity contribution in [3.05, 3.63) is 38.3 Å². The van der Waals surface area contributed by atoms with Crippen LogP contribution in [0.3, 0.4) is 0 Å². The summed E-state index contributed by atoms with van der Waals surface area (Å²) in [6.07, 6.45) is 3.50. The molecule has 4 nitrogen and oxygen atoms in total. The molecule has 1 unspecified atom stereocenters. The van der Waals surface area contributed by atoms with E-state index in [0.29, 0.717) is 5.92 Å². The molecular weight excluding hydrogens is 286 g/mol. The van der Waals surface area contributed by atoms with E-state index in [-0.39, 0.29) is 11.8 Å². The average molecular weight is 300 g/mol. The fourth-order valence-corrected chi connectivity index (χ4v) is 2.44. The van der Waals surface area contributed by atoms with Crippen LogP contribution in [0.4, 0.5) is 5.69 Å². The van der Waals surface area contributed by atoms with Crippen molar-refractivity contribution in [2.24, 2.45) is 5.92 Å². The van der Waals surface area contributed by atoms with E-state index in [4.69, 9.17) is 0 Å². The van der Waals surface area contributed by atoms with E-state index < -0.39 is 4.92 Å². The van der Waals surface area contributed by atoms with Crippen molar-refractivity contribution in [2.75, 3.05) is 0 Å². The van der Waals surface area contributed by atoms with Crippen molar-refractivity contribution < 1.29 is 10.0 Å². The highest BCUT2D eigenvalue weighted by atomic mass is 79.9. The SMILES string of the molecule is O=[N+]([O-])c1ccc(CCC(O)C2CC2)c(Br)c1. The Bertz CT molecular complexity index is 432. The third-order valence-electron chi connectivity index (χ3n) is 3.12. The maximum absolute atomic E-state index is 10.6. The minimum Gasteiger partial charge on any atom is -0.393 e. The molecule has 2 rings (SSSR count). The smallest absolute Gasteiger partial charge is 0.270 e. The minimum absolute atomic E-state index is 0.0865. The lowest BCUT2D eigenvalue weighted by Crippen LogP contribution is -2.10. The maximum atomic E-state index is 10.6. The van der Waals surface area contributed by atoms with E-state index in [0.717, 1.165) is 35.7 Å². The summed E-state index contributed by atoms with van der Waals surface area (Å²) in [5, 5.41) is 20.3. The standard InChI is InChI=1S/C12H14BrNO3/c13-11-7-10(14(16)17)5-3-8(11)4-6-12(15)9-1-2-9/h3,5,7,9,12,15H,1-2,4,6H2. The second-order valence-corrected chi connectivity index (χ2v) is 5.33. The molecule has 1 aromatic carbocycles. The van der Waals surface area contributed by atoms with Gasteiger partial charge in [0, 0.05) is 16.6 Å². The Balaban J connectivity index is 1.98. The summed E-state index contributed by atoms with van der Waals surface area (Å²) in [6.45, 7) is 0. The normalized spacial score (nSPS) is 16.8. The van der Waals surface area contributed by atoms with Crippen LogP contribution in [0, 0.1) is 16.0 Å². The van der Waals surface area contributed by atoms with E-state index in [1.807, 2.05) is 0 Å². The molecule has 0 aliphatic heterocycles. The zero-order valence-corrected chi connectivity index (χ0v) is 10.9. The Morgan fingerprint density at radius 1 is 1.53 bits per heavy atom. The number of aryl methyl sites for hydroxylation is 1. The van der Waals surface area contributed by atoms with Gasteiger partial charge in [0.1, 0.15) is 0 Å².